The normalized spacial score (nSPS) is 15.2. The minimum absolute atomic E-state index is 0.0992. The summed E-state index contributed by atoms with van der Waals surface area (Å²) in [5.41, 5.74) is 2.43. The molecule has 0 spiro atoms. The smallest absolute Gasteiger partial charge is 0.256 e. The van der Waals surface area contributed by atoms with E-state index in [0.29, 0.717) is 18.7 Å². The van der Waals surface area contributed by atoms with Crippen LogP contribution in [0, 0.1) is 6.92 Å². The average Bonchev–Trinajstić information content (AvgIpc) is 2.38. The maximum Gasteiger partial charge on any atom is 0.256 e. The first-order valence-corrected chi connectivity index (χ1v) is 5.96. The van der Waals surface area contributed by atoms with E-state index in [2.05, 4.69) is 10.6 Å². The van der Waals surface area contributed by atoms with Gasteiger partial charge in [-0.25, -0.2) is 0 Å². The zero-order valence-electron chi connectivity index (χ0n) is 10.6. The van der Waals surface area contributed by atoms with Crippen LogP contribution in [0.2, 0.25) is 0 Å². The molecule has 0 saturated carbocycles. The molecule has 96 valence electrons. The van der Waals surface area contributed by atoms with Gasteiger partial charge in [0, 0.05) is 25.8 Å². The van der Waals surface area contributed by atoms with Gasteiger partial charge in [0.25, 0.3) is 5.91 Å². The van der Waals surface area contributed by atoms with Gasteiger partial charge in [0.2, 0.25) is 5.91 Å². The molecule has 2 amide bonds. The van der Waals surface area contributed by atoms with E-state index in [1.165, 1.54) is 0 Å². The molecule has 2 rings (SSSR count). The molecule has 0 unspecified atom stereocenters. The van der Waals surface area contributed by atoms with Crippen molar-refractivity contribution >= 4 is 17.5 Å². The van der Waals surface area contributed by atoms with Gasteiger partial charge in [-0.2, -0.15) is 0 Å². The zero-order valence-corrected chi connectivity index (χ0v) is 10.6. The Morgan fingerprint density at radius 2 is 2.22 bits per heavy atom. The van der Waals surface area contributed by atoms with Gasteiger partial charge in [-0.15, -0.1) is 0 Å². The topological polar surface area (TPSA) is 61.4 Å². The number of anilines is 1. The summed E-state index contributed by atoms with van der Waals surface area (Å²) in [5, 5.41) is 5.72. The number of hydrogen-bond donors (Lipinski definition) is 2. The molecular weight excluding hydrogens is 230 g/mol. The maximum atomic E-state index is 12.4. The second kappa shape index (κ2) is 5.08. The van der Waals surface area contributed by atoms with Crippen molar-refractivity contribution in [2.75, 3.05) is 32.0 Å². The van der Waals surface area contributed by atoms with Crippen LogP contribution in [-0.2, 0) is 4.79 Å². The highest BCUT2D eigenvalue weighted by Gasteiger charge is 2.23. The minimum Gasteiger partial charge on any atom is -0.387 e. The Labute approximate surface area is 106 Å². The lowest BCUT2D eigenvalue weighted by molar-refractivity contribution is -0.123. The molecule has 2 N–H and O–H groups in total. The monoisotopic (exact) mass is 247 g/mol. The van der Waals surface area contributed by atoms with Gasteiger partial charge in [-0.1, -0.05) is 11.6 Å². The van der Waals surface area contributed by atoms with Crippen LogP contribution in [0.1, 0.15) is 15.9 Å². The van der Waals surface area contributed by atoms with Crippen molar-refractivity contribution in [2.45, 2.75) is 6.92 Å². The first-order chi connectivity index (χ1) is 8.61. The predicted molar refractivity (Wildman–Crippen MR) is 69.6 cm³/mol. The van der Waals surface area contributed by atoms with Crippen LogP contribution in [0.5, 0.6) is 0 Å². The lowest BCUT2D eigenvalue weighted by Gasteiger charge is -2.27. The first kappa shape index (κ1) is 12.4. The Morgan fingerprint density at radius 1 is 1.44 bits per heavy atom. The van der Waals surface area contributed by atoms with Gasteiger partial charge in [-0.3, -0.25) is 9.59 Å². The lowest BCUT2D eigenvalue weighted by atomic mass is 10.1. The Bertz CT molecular complexity index is 485. The van der Waals surface area contributed by atoms with Crippen molar-refractivity contribution in [2.24, 2.45) is 0 Å². The molecule has 5 heteroatoms. The third-order valence-corrected chi connectivity index (χ3v) is 3.00. The molecule has 1 aromatic rings. The third-order valence-electron chi connectivity index (χ3n) is 3.00. The van der Waals surface area contributed by atoms with Gasteiger partial charge in [0.15, 0.2) is 0 Å². The quantitative estimate of drug-likeness (QED) is 0.805. The number of hydrogen-bond acceptors (Lipinski definition) is 3. The molecule has 1 aliphatic rings. The molecule has 18 heavy (non-hydrogen) atoms. The lowest BCUT2D eigenvalue weighted by Crippen LogP contribution is -2.50. The number of aryl methyl sites for hydroxylation is 1. The van der Waals surface area contributed by atoms with Crippen LogP contribution >= 0.6 is 0 Å². The number of amides is 2. The Kier molecular flexibility index (Phi) is 3.50. The molecule has 1 aliphatic heterocycles. The van der Waals surface area contributed by atoms with Crippen molar-refractivity contribution in [3.63, 3.8) is 0 Å². The van der Waals surface area contributed by atoms with E-state index in [9.17, 15) is 9.59 Å². The Hall–Kier alpha value is -2.04. The number of benzene rings is 1. The van der Waals surface area contributed by atoms with E-state index in [0.717, 1.165) is 11.3 Å². The average molecular weight is 247 g/mol. The highest BCUT2D eigenvalue weighted by Crippen LogP contribution is 2.19. The third kappa shape index (κ3) is 2.45. The van der Waals surface area contributed by atoms with Gasteiger partial charge in [-0.05, 0) is 19.1 Å². The van der Waals surface area contributed by atoms with Crippen LogP contribution in [0.3, 0.4) is 0 Å². The standard InChI is InChI=1S/C13H17N3O2/c1-9-3-4-11(14-2)10(7-9)13(18)16-6-5-15-12(17)8-16/h3-4,7,14H,5-6,8H2,1-2H3,(H,15,17). The second-order valence-corrected chi connectivity index (χ2v) is 4.38. The number of nitrogens with zero attached hydrogens (tertiary/aromatic N) is 1. The fraction of sp³-hybridized carbons (Fsp3) is 0.385. The molecule has 0 bridgehead atoms. The van der Waals surface area contributed by atoms with Gasteiger partial charge >= 0.3 is 0 Å². The van der Waals surface area contributed by atoms with Crippen LogP contribution < -0.4 is 10.6 Å². The van der Waals surface area contributed by atoms with Crippen LogP contribution in [0.4, 0.5) is 5.69 Å². The SMILES string of the molecule is CNc1ccc(C)cc1C(=O)N1CCNC(=O)C1. The first-order valence-electron chi connectivity index (χ1n) is 5.96. The number of rotatable bonds is 2. The molecule has 1 fully saturated rings. The van der Waals surface area contributed by atoms with Gasteiger partial charge < -0.3 is 15.5 Å². The van der Waals surface area contributed by atoms with Crippen molar-refractivity contribution in [1.29, 1.82) is 0 Å². The summed E-state index contributed by atoms with van der Waals surface area (Å²) in [5.74, 6) is -0.203. The van der Waals surface area contributed by atoms with E-state index < -0.39 is 0 Å². The molecule has 0 radical (unpaired) electrons. The van der Waals surface area contributed by atoms with E-state index in [-0.39, 0.29) is 18.4 Å². The molecule has 1 saturated heterocycles. The zero-order chi connectivity index (χ0) is 13.1. The van der Waals surface area contributed by atoms with E-state index in [1.807, 2.05) is 25.1 Å². The van der Waals surface area contributed by atoms with Crippen LogP contribution in [-0.4, -0.2) is 43.4 Å². The molecule has 1 aromatic carbocycles. The molecule has 0 aromatic heterocycles. The molecule has 0 aliphatic carbocycles. The summed E-state index contributed by atoms with van der Waals surface area (Å²) in [6.45, 7) is 3.15. The molecular formula is C13H17N3O2. The summed E-state index contributed by atoms with van der Waals surface area (Å²) in [7, 11) is 1.78. The summed E-state index contributed by atoms with van der Waals surface area (Å²) >= 11 is 0. The predicted octanol–water partition coefficient (Wildman–Crippen LogP) is 0.609. The van der Waals surface area contributed by atoms with Gasteiger partial charge in [0.1, 0.15) is 0 Å². The fourth-order valence-electron chi connectivity index (χ4n) is 2.04. The Morgan fingerprint density at radius 3 is 2.89 bits per heavy atom. The molecule has 5 nitrogen and oxygen atoms in total. The van der Waals surface area contributed by atoms with E-state index in [4.69, 9.17) is 0 Å². The number of carbonyl (C=O) groups is 2. The molecule has 0 atom stereocenters. The molecule has 1 heterocycles. The van der Waals surface area contributed by atoms with Crippen LogP contribution in [0.25, 0.3) is 0 Å². The van der Waals surface area contributed by atoms with Crippen molar-refractivity contribution < 1.29 is 9.59 Å². The number of piperazine rings is 1. The highest BCUT2D eigenvalue weighted by molar-refractivity contribution is 6.01. The highest BCUT2D eigenvalue weighted by atomic mass is 16.2. The second-order valence-electron chi connectivity index (χ2n) is 4.38. The van der Waals surface area contributed by atoms with Crippen molar-refractivity contribution in [3.8, 4) is 0 Å². The van der Waals surface area contributed by atoms with Gasteiger partial charge in [0.05, 0.1) is 12.1 Å². The summed E-state index contributed by atoms with van der Waals surface area (Å²) < 4.78 is 0. The van der Waals surface area contributed by atoms with Crippen LogP contribution in [0.15, 0.2) is 18.2 Å². The maximum absolute atomic E-state index is 12.4. The minimum atomic E-state index is -0.103. The number of carbonyl (C=O) groups excluding carboxylic acids is 2. The number of nitrogens with one attached hydrogen (secondary N) is 2. The summed E-state index contributed by atoms with van der Waals surface area (Å²) in [4.78, 5) is 25.3. The summed E-state index contributed by atoms with van der Waals surface area (Å²) in [6.07, 6.45) is 0. The Balaban J connectivity index is 2.27. The van der Waals surface area contributed by atoms with E-state index >= 15 is 0 Å². The summed E-state index contributed by atoms with van der Waals surface area (Å²) in [6, 6.07) is 5.68. The van der Waals surface area contributed by atoms with E-state index in [1.54, 1.807) is 11.9 Å². The van der Waals surface area contributed by atoms with Crippen molar-refractivity contribution in [1.82, 2.24) is 10.2 Å². The van der Waals surface area contributed by atoms with Crippen molar-refractivity contribution in [3.05, 3.63) is 29.3 Å². The largest absolute Gasteiger partial charge is 0.387 e. The fourth-order valence-corrected chi connectivity index (χ4v) is 2.04.